The molecule has 18 heavy (non-hydrogen) atoms. The van der Waals surface area contributed by atoms with Gasteiger partial charge in [0.2, 0.25) is 0 Å². The fraction of sp³-hybridized carbons (Fsp3) is 0.833. The van der Waals surface area contributed by atoms with Crippen molar-refractivity contribution in [3.05, 3.63) is 0 Å². The van der Waals surface area contributed by atoms with Gasteiger partial charge in [-0.3, -0.25) is 0 Å². The van der Waals surface area contributed by atoms with Crippen LogP contribution in [0.1, 0.15) is 0 Å². The Balaban J connectivity index is 2.84. The molecule has 0 bridgehead atoms. The van der Waals surface area contributed by atoms with E-state index in [1.54, 1.807) is 7.11 Å². The topological polar surface area (TPSA) is 66.4 Å². The van der Waals surface area contributed by atoms with E-state index >= 15 is 0 Å². The van der Waals surface area contributed by atoms with Gasteiger partial charge in [-0.2, -0.15) is 0 Å². The molecule has 1 rings (SSSR count). The Labute approximate surface area is 107 Å². The second-order valence-corrected chi connectivity index (χ2v) is 3.84. The van der Waals surface area contributed by atoms with E-state index in [2.05, 4.69) is 5.92 Å². The lowest BCUT2D eigenvalue weighted by atomic mass is 9.98. The van der Waals surface area contributed by atoms with Crippen molar-refractivity contribution < 1.29 is 28.8 Å². The van der Waals surface area contributed by atoms with Gasteiger partial charge < -0.3 is 28.8 Å². The van der Waals surface area contributed by atoms with Crippen LogP contribution in [0.15, 0.2) is 0 Å². The normalized spacial score (nSPS) is 36.3. The molecule has 1 N–H and O–H groups in total. The van der Waals surface area contributed by atoms with Gasteiger partial charge in [0.25, 0.3) is 0 Å². The van der Waals surface area contributed by atoms with E-state index < -0.39 is 30.7 Å². The van der Waals surface area contributed by atoms with Crippen LogP contribution >= 0.6 is 0 Å². The monoisotopic (exact) mass is 260 g/mol. The molecular weight excluding hydrogens is 240 g/mol. The van der Waals surface area contributed by atoms with E-state index in [-0.39, 0.29) is 13.2 Å². The highest BCUT2D eigenvalue weighted by Crippen LogP contribution is 2.27. The first kappa shape index (κ1) is 15.4. The van der Waals surface area contributed by atoms with Crippen molar-refractivity contribution in [3.8, 4) is 12.3 Å². The van der Waals surface area contributed by atoms with Gasteiger partial charge in [-0.05, 0) is 0 Å². The zero-order valence-corrected chi connectivity index (χ0v) is 10.9. The molecule has 0 unspecified atom stereocenters. The standard InChI is InChI=1S/C12H20O6/c1-5-6-17-12-11(16-4)10(15-3)9(14-2)8(7-13)18-12/h1,8-13H,6-7H2,2-4H3/t8-,9-,10+,11+,12+/m1/s1. The highest BCUT2D eigenvalue weighted by atomic mass is 16.7. The van der Waals surface area contributed by atoms with Gasteiger partial charge in [-0.15, -0.1) is 6.42 Å². The van der Waals surface area contributed by atoms with Crippen LogP contribution in [0.5, 0.6) is 0 Å². The van der Waals surface area contributed by atoms with E-state index in [1.807, 2.05) is 0 Å². The molecule has 104 valence electrons. The second-order valence-electron chi connectivity index (χ2n) is 3.84. The number of hydrogen-bond acceptors (Lipinski definition) is 6. The Morgan fingerprint density at radius 2 is 1.72 bits per heavy atom. The zero-order chi connectivity index (χ0) is 13.5. The Kier molecular flexibility index (Phi) is 6.57. The zero-order valence-electron chi connectivity index (χ0n) is 10.9. The molecule has 1 aliphatic rings. The van der Waals surface area contributed by atoms with Crippen molar-refractivity contribution in [1.82, 2.24) is 0 Å². The molecule has 6 nitrogen and oxygen atoms in total. The molecule has 0 spiro atoms. The number of hydrogen-bond donors (Lipinski definition) is 1. The first-order valence-electron chi connectivity index (χ1n) is 5.63. The SMILES string of the molecule is C#CCO[C@H]1O[C@H](CO)[C@@H](OC)[C@H](OC)[C@@H]1OC. The van der Waals surface area contributed by atoms with Gasteiger partial charge in [-0.25, -0.2) is 0 Å². The maximum absolute atomic E-state index is 9.31. The first-order valence-corrected chi connectivity index (χ1v) is 5.63. The highest BCUT2D eigenvalue weighted by Gasteiger charge is 2.47. The molecule has 1 fully saturated rings. The predicted molar refractivity (Wildman–Crippen MR) is 62.9 cm³/mol. The summed E-state index contributed by atoms with van der Waals surface area (Å²) < 4.78 is 26.9. The molecule has 0 aliphatic carbocycles. The van der Waals surface area contributed by atoms with Crippen LogP contribution in [0.3, 0.4) is 0 Å². The predicted octanol–water partition coefficient (Wildman–Crippen LogP) is -0.602. The molecule has 1 saturated heterocycles. The lowest BCUT2D eigenvalue weighted by Gasteiger charge is -2.43. The third kappa shape index (κ3) is 3.20. The average molecular weight is 260 g/mol. The summed E-state index contributed by atoms with van der Waals surface area (Å²) in [5.74, 6) is 2.36. The molecule has 0 aromatic heterocycles. The Morgan fingerprint density at radius 3 is 2.17 bits per heavy atom. The minimum atomic E-state index is -0.695. The summed E-state index contributed by atoms with van der Waals surface area (Å²) in [6, 6.07) is 0. The van der Waals surface area contributed by atoms with Crippen molar-refractivity contribution in [3.63, 3.8) is 0 Å². The summed E-state index contributed by atoms with van der Waals surface area (Å²) >= 11 is 0. The molecular formula is C12H20O6. The Hall–Kier alpha value is -0.680. The van der Waals surface area contributed by atoms with Gasteiger partial charge in [-0.1, -0.05) is 5.92 Å². The lowest BCUT2D eigenvalue weighted by Crippen LogP contribution is -2.61. The summed E-state index contributed by atoms with van der Waals surface area (Å²) in [5, 5.41) is 9.31. The van der Waals surface area contributed by atoms with Crippen LogP contribution in [0, 0.1) is 12.3 Å². The molecule has 6 heteroatoms. The van der Waals surface area contributed by atoms with Crippen LogP contribution in [-0.4, -0.2) is 70.4 Å². The van der Waals surface area contributed by atoms with Gasteiger partial charge in [0.05, 0.1) is 6.61 Å². The van der Waals surface area contributed by atoms with E-state index in [1.165, 1.54) is 14.2 Å². The van der Waals surface area contributed by atoms with Crippen LogP contribution in [0.25, 0.3) is 0 Å². The second kappa shape index (κ2) is 7.69. The minimum absolute atomic E-state index is 0.0940. The van der Waals surface area contributed by atoms with Crippen LogP contribution in [0.2, 0.25) is 0 Å². The van der Waals surface area contributed by atoms with Crippen LogP contribution in [0.4, 0.5) is 0 Å². The third-order valence-electron chi connectivity index (χ3n) is 2.92. The van der Waals surface area contributed by atoms with Crippen LogP contribution in [-0.2, 0) is 23.7 Å². The summed E-state index contributed by atoms with van der Waals surface area (Å²) in [6.45, 7) is -0.110. The molecule has 5 atom stereocenters. The Bertz CT molecular complexity index is 276. The van der Waals surface area contributed by atoms with E-state index in [0.717, 1.165) is 0 Å². The summed E-state index contributed by atoms with van der Waals surface area (Å²) in [7, 11) is 4.59. The molecule has 0 amide bonds. The smallest absolute Gasteiger partial charge is 0.188 e. The van der Waals surface area contributed by atoms with Gasteiger partial charge in [0.15, 0.2) is 6.29 Å². The van der Waals surface area contributed by atoms with Crippen LogP contribution < -0.4 is 0 Å². The largest absolute Gasteiger partial charge is 0.394 e. The molecule has 0 saturated carbocycles. The van der Waals surface area contributed by atoms with Crippen molar-refractivity contribution in [2.45, 2.75) is 30.7 Å². The van der Waals surface area contributed by atoms with Crippen molar-refractivity contribution in [2.24, 2.45) is 0 Å². The molecule has 0 aromatic carbocycles. The van der Waals surface area contributed by atoms with Gasteiger partial charge >= 0.3 is 0 Å². The maximum atomic E-state index is 9.31. The number of terminal acetylenes is 1. The number of aliphatic hydroxyl groups excluding tert-OH is 1. The van der Waals surface area contributed by atoms with E-state index in [9.17, 15) is 5.11 Å². The molecule has 0 aromatic rings. The van der Waals surface area contributed by atoms with Gasteiger partial charge in [0, 0.05) is 21.3 Å². The highest BCUT2D eigenvalue weighted by molar-refractivity contribution is 4.93. The Morgan fingerprint density at radius 1 is 1.11 bits per heavy atom. The quantitative estimate of drug-likeness (QED) is 0.643. The van der Waals surface area contributed by atoms with Crippen molar-refractivity contribution >= 4 is 0 Å². The number of rotatable bonds is 6. The van der Waals surface area contributed by atoms with E-state index in [0.29, 0.717) is 0 Å². The number of aliphatic hydroxyl groups is 1. The third-order valence-corrected chi connectivity index (χ3v) is 2.92. The number of ether oxygens (including phenoxy) is 5. The summed E-state index contributed by atoms with van der Waals surface area (Å²) in [5.41, 5.74) is 0. The van der Waals surface area contributed by atoms with Crippen molar-refractivity contribution in [2.75, 3.05) is 34.5 Å². The average Bonchev–Trinajstić information content (AvgIpc) is 2.42. The molecule has 1 aliphatic heterocycles. The fourth-order valence-corrected chi connectivity index (χ4v) is 2.09. The summed E-state index contributed by atoms with van der Waals surface area (Å²) in [6.07, 6.45) is 2.58. The van der Waals surface area contributed by atoms with E-state index in [4.69, 9.17) is 30.1 Å². The fourth-order valence-electron chi connectivity index (χ4n) is 2.09. The molecule has 0 radical (unpaired) electrons. The first-order chi connectivity index (χ1) is 8.73. The summed E-state index contributed by atoms with van der Waals surface area (Å²) in [4.78, 5) is 0. The number of methoxy groups -OCH3 is 3. The molecule has 1 heterocycles. The van der Waals surface area contributed by atoms with Gasteiger partial charge in [0.1, 0.15) is 31.0 Å². The van der Waals surface area contributed by atoms with Crippen molar-refractivity contribution in [1.29, 1.82) is 0 Å². The lowest BCUT2D eigenvalue weighted by molar-refractivity contribution is -0.309. The minimum Gasteiger partial charge on any atom is -0.394 e. The maximum Gasteiger partial charge on any atom is 0.188 e.